The molecule has 4 rings (SSSR count). The third-order valence-corrected chi connectivity index (χ3v) is 5.83. The average molecular weight is 460 g/mol. The maximum Gasteiger partial charge on any atom is 0.248 e. The lowest BCUT2D eigenvalue weighted by atomic mass is 9.88. The van der Waals surface area contributed by atoms with Crippen LogP contribution < -0.4 is 16.4 Å². The predicted molar refractivity (Wildman–Crippen MR) is 132 cm³/mol. The smallest absolute Gasteiger partial charge is 0.248 e. The highest BCUT2D eigenvalue weighted by Gasteiger charge is 2.37. The number of nitrogen functional groups attached to an aromatic ring is 1. The topological polar surface area (TPSA) is 100 Å². The zero-order chi connectivity index (χ0) is 24.1. The molecule has 1 saturated heterocycles. The number of pyridine rings is 1. The van der Waals surface area contributed by atoms with E-state index in [4.69, 9.17) is 5.73 Å². The lowest BCUT2D eigenvalue weighted by Gasteiger charge is -2.18. The first-order chi connectivity index (χ1) is 16.4. The van der Waals surface area contributed by atoms with Gasteiger partial charge in [0.15, 0.2) is 0 Å². The number of nitrogens with zero attached hydrogens (tertiary/aromatic N) is 2. The normalized spacial score (nSPS) is 18.2. The molecule has 8 heteroatoms. The zero-order valence-corrected chi connectivity index (χ0v) is 18.7. The number of para-hydroxylation sites is 2. The van der Waals surface area contributed by atoms with Crippen molar-refractivity contribution >= 4 is 35.1 Å². The molecule has 0 radical (unpaired) electrons. The number of likely N-dealkylation sites (tertiary alicyclic amines) is 1. The number of aromatic nitrogens is 1. The van der Waals surface area contributed by atoms with E-state index < -0.39 is 5.82 Å². The largest absolute Gasteiger partial charge is 0.397 e. The van der Waals surface area contributed by atoms with Crippen molar-refractivity contribution < 1.29 is 14.0 Å². The predicted octanol–water partition coefficient (Wildman–Crippen LogP) is 3.74. The van der Waals surface area contributed by atoms with Crippen molar-refractivity contribution in [2.45, 2.75) is 5.92 Å². The molecule has 0 spiro atoms. The number of halogens is 1. The molecule has 0 aliphatic carbocycles. The lowest BCUT2D eigenvalue weighted by molar-refractivity contribution is -0.120. The van der Waals surface area contributed by atoms with Crippen LogP contribution >= 0.6 is 0 Å². The number of benzene rings is 2. The number of rotatable bonds is 6. The van der Waals surface area contributed by atoms with Gasteiger partial charge in [0.2, 0.25) is 11.8 Å². The number of carbonyl (C=O) groups is 2. The van der Waals surface area contributed by atoms with E-state index >= 15 is 0 Å². The SMILES string of the molecule is CN1CC(C(=O)Nc2ccc(F)cn2)C(c2ccc(C=CC(=O)Nc3ccccc3N)cc2)C1. The fourth-order valence-corrected chi connectivity index (χ4v) is 4.08. The molecule has 2 amide bonds. The van der Waals surface area contributed by atoms with Crippen molar-refractivity contribution in [3.05, 3.63) is 89.9 Å². The van der Waals surface area contributed by atoms with Crippen molar-refractivity contribution in [1.82, 2.24) is 9.88 Å². The molecule has 1 aliphatic rings. The Labute approximate surface area is 197 Å². The van der Waals surface area contributed by atoms with Crippen LogP contribution in [0.1, 0.15) is 17.0 Å². The van der Waals surface area contributed by atoms with Crippen molar-refractivity contribution in [2.75, 3.05) is 36.5 Å². The molecule has 0 bridgehead atoms. The highest BCUT2D eigenvalue weighted by molar-refractivity contribution is 6.03. The van der Waals surface area contributed by atoms with Gasteiger partial charge >= 0.3 is 0 Å². The van der Waals surface area contributed by atoms with Gasteiger partial charge in [0, 0.05) is 25.1 Å². The summed E-state index contributed by atoms with van der Waals surface area (Å²) in [7, 11) is 1.98. The first kappa shape index (κ1) is 23.1. The van der Waals surface area contributed by atoms with Gasteiger partial charge in [0.05, 0.1) is 23.5 Å². The highest BCUT2D eigenvalue weighted by atomic mass is 19.1. The third kappa shape index (κ3) is 5.65. The second-order valence-electron chi connectivity index (χ2n) is 8.36. The summed E-state index contributed by atoms with van der Waals surface area (Å²) in [6, 6.07) is 17.6. The Hall–Kier alpha value is -4.04. The molecule has 7 nitrogen and oxygen atoms in total. The molecule has 174 valence electrons. The minimum absolute atomic E-state index is 0.00725. The summed E-state index contributed by atoms with van der Waals surface area (Å²) in [6.45, 7) is 1.35. The first-order valence-corrected chi connectivity index (χ1v) is 10.9. The molecule has 1 aromatic heterocycles. The van der Waals surface area contributed by atoms with Crippen LogP contribution in [-0.4, -0.2) is 41.8 Å². The van der Waals surface area contributed by atoms with Crippen molar-refractivity contribution in [3.63, 3.8) is 0 Å². The Kier molecular flexibility index (Phi) is 6.98. The Morgan fingerprint density at radius 1 is 1.06 bits per heavy atom. The second-order valence-corrected chi connectivity index (χ2v) is 8.36. The molecule has 2 aromatic carbocycles. The minimum Gasteiger partial charge on any atom is -0.397 e. The summed E-state index contributed by atoms with van der Waals surface area (Å²) >= 11 is 0. The van der Waals surface area contributed by atoms with Crippen LogP contribution in [0.15, 0.2) is 72.9 Å². The van der Waals surface area contributed by atoms with E-state index in [9.17, 15) is 14.0 Å². The van der Waals surface area contributed by atoms with E-state index in [-0.39, 0.29) is 23.7 Å². The second kappa shape index (κ2) is 10.3. The molecular formula is C26H26FN5O2. The van der Waals surface area contributed by atoms with Gasteiger partial charge in [-0.15, -0.1) is 0 Å². The Bertz CT molecular complexity index is 1190. The van der Waals surface area contributed by atoms with Gasteiger partial charge < -0.3 is 21.3 Å². The number of carbonyl (C=O) groups excluding carboxylic acids is 2. The van der Waals surface area contributed by atoms with Crippen LogP contribution in [0.4, 0.5) is 21.6 Å². The summed E-state index contributed by atoms with van der Waals surface area (Å²) in [5.41, 5.74) is 8.83. The monoisotopic (exact) mass is 459 g/mol. The molecule has 2 heterocycles. The number of likely N-dealkylation sites (N-methyl/N-ethyl adjacent to an activating group) is 1. The minimum atomic E-state index is -0.452. The summed E-state index contributed by atoms with van der Waals surface area (Å²) in [4.78, 5) is 31.1. The molecule has 2 atom stereocenters. The molecule has 1 aliphatic heterocycles. The van der Waals surface area contributed by atoms with E-state index in [0.29, 0.717) is 23.7 Å². The van der Waals surface area contributed by atoms with E-state index in [1.54, 1.807) is 30.3 Å². The number of amides is 2. The number of hydrogen-bond acceptors (Lipinski definition) is 5. The first-order valence-electron chi connectivity index (χ1n) is 10.9. The van der Waals surface area contributed by atoms with Gasteiger partial charge in [-0.2, -0.15) is 0 Å². The quantitative estimate of drug-likeness (QED) is 0.385. The van der Waals surface area contributed by atoms with Crippen LogP contribution in [0.5, 0.6) is 0 Å². The van der Waals surface area contributed by atoms with Crippen LogP contribution in [0.25, 0.3) is 6.08 Å². The van der Waals surface area contributed by atoms with Crippen molar-refractivity contribution in [3.8, 4) is 0 Å². The highest BCUT2D eigenvalue weighted by Crippen LogP contribution is 2.33. The maximum atomic E-state index is 13.1. The Morgan fingerprint density at radius 3 is 2.53 bits per heavy atom. The van der Waals surface area contributed by atoms with Gasteiger partial charge in [0.1, 0.15) is 11.6 Å². The Morgan fingerprint density at radius 2 is 1.82 bits per heavy atom. The van der Waals surface area contributed by atoms with Gasteiger partial charge in [-0.25, -0.2) is 9.37 Å². The molecule has 2 unspecified atom stereocenters. The van der Waals surface area contributed by atoms with Gasteiger partial charge in [0.25, 0.3) is 0 Å². The standard InChI is InChI=1S/C26H26FN5O2/c1-32-15-20(21(16-32)26(34)31-24-12-11-19(27)14-29-24)18-9-6-17(7-10-18)8-13-25(33)30-23-5-3-2-4-22(23)28/h2-14,20-21H,15-16,28H2,1H3,(H,30,33)(H,29,31,34). The Balaban J connectivity index is 1.40. The fraction of sp³-hybridized carbons (Fsp3) is 0.192. The number of anilines is 3. The summed E-state index contributed by atoms with van der Waals surface area (Å²) in [5.74, 6) is -0.795. The van der Waals surface area contributed by atoms with Crippen molar-refractivity contribution in [1.29, 1.82) is 0 Å². The van der Waals surface area contributed by atoms with Crippen LogP contribution in [0.2, 0.25) is 0 Å². The van der Waals surface area contributed by atoms with Crippen LogP contribution in [0.3, 0.4) is 0 Å². The summed E-state index contributed by atoms with van der Waals surface area (Å²) < 4.78 is 13.1. The fourth-order valence-electron chi connectivity index (χ4n) is 4.08. The molecule has 34 heavy (non-hydrogen) atoms. The number of hydrogen-bond donors (Lipinski definition) is 3. The number of nitrogens with two attached hydrogens (primary N) is 1. The summed E-state index contributed by atoms with van der Waals surface area (Å²) in [6.07, 6.45) is 4.26. The average Bonchev–Trinajstić information content (AvgIpc) is 3.23. The molecule has 1 fully saturated rings. The molecular weight excluding hydrogens is 433 g/mol. The van der Waals surface area contributed by atoms with Crippen LogP contribution in [0, 0.1) is 11.7 Å². The maximum absolute atomic E-state index is 13.1. The van der Waals surface area contributed by atoms with Gasteiger partial charge in [-0.05, 0) is 48.5 Å². The number of nitrogens with one attached hydrogen (secondary N) is 2. The van der Waals surface area contributed by atoms with E-state index in [1.807, 2.05) is 31.3 Å². The van der Waals surface area contributed by atoms with Gasteiger partial charge in [-0.3, -0.25) is 9.59 Å². The molecule has 0 saturated carbocycles. The zero-order valence-electron chi connectivity index (χ0n) is 18.7. The summed E-state index contributed by atoms with van der Waals surface area (Å²) in [5, 5.41) is 5.55. The van der Waals surface area contributed by atoms with Crippen LogP contribution in [-0.2, 0) is 9.59 Å². The lowest BCUT2D eigenvalue weighted by Crippen LogP contribution is -2.28. The van der Waals surface area contributed by atoms with Crippen molar-refractivity contribution in [2.24, 2.45) is 5.92 Å². The van der Waals surface area contributed by atoms with E-state index in [0.717, 1.165) is 23.9 Å². The molecule has 4 N–H and O–H groups in total. The van der Waals surface area contributed by atoms with Gasteiger partial charge in [-0.1, -0.05) is 36.4 Å². The van der Waals surface area contributed by atoms with E-state index in [1.165, 1.54) is 18.2 Å². The van der Waals surface area contributed by atoms with E-state index in [2.05, 4.69) is 20.5 Å². The third-order valence-electron chi connectivity index (χ3n) is 5.83. The molecule has 3 aromatic rings.